The van der Waals surface area contributed by atoms with Crippen LogP contribution in [0.4, 0.5) is 5.69 Å². The van der Waals surface area contributed by atoms with Gasteiger partial charge in [-0.3, -0.25) is 14.8 Å². The number of hydrogen-bond acceptors (Lipinski definition) is 7. The first-order chi connectivity index (χ1) is 14.1. The third-order valence-electron chi connectivity index (χ3n) is 4.85. The summed E-state index contributed by atoms with van der Waals surface area (Å²) >= 11 is 6.53. The minimum Gasteiger partial charge on any atom is -0.291 e. The van der Waals surface area contributed by atoms with E-state index in [1.54, 1.807) is 28.0 Å². The molecule has 2 aromatic carbocycles. The highest BCUT2D eigenvalue weighted by atomic mass is 35.5. The molecule has 144 valence electrons. The van der Waals surface area contributed by atoms with Gasteiger partial charge in [0, 0.05) is 17.3 Å². The van der Waals surface area contributed by atoms with Crippen LogP contribution in [0.5, 0.6) is 0 Å². The summed E-state index contributed by atoms with van der Waals surface area (Å²) in [5.74, 6) is 0.347. The highest BCUT2D eigenvalue weighted by Crippen LogP contribution is 2.35. The maximum atomic E-state index is 13.6. The van der Waals surface area contributed by atoms with E-state index in [9.17, 15) is 4.79 Å². The van der Waals surface area contributed by atoms with E-state index >= 15 is 0 Å². The van der Waals surface area contributed by atoms with Crippen molar-refractivity contribution in [3.8, 4) is 5.69 Å². The van der Waals surface area contributed by atoms with Gasteiger partial charge < -0.3 is 0 Å². The normalized spacial score (nSPS) is 17.2. The van der Waals surface area contributed by atoms with Crippen molar-refractivity contribution >= 4 is 35.1 Å². The van der Waals surface area contributed by atoms with E-state index in [0.29, 0.717) is 22.1 Å². The molecule has 2 aliphatic heterocycles. The predicted octanol–water partition coefficient (Wildman–Crippen LogP) is 3.11. The summed E-state index contributed by atoms with van der Waals surface area (Å²) in [6, 6.07) is 14.0. The Labute approximate surface area is 171 Å². The number of carbonyl (C=O) groups excluding carboxylic acids is 1. The van der Waals surface area contributed by atoms with Gasteiger partial charge in [-0.15, -0.1) is 10.6 Å². The van der Waals surface area contributed by atoms with E-state index in [2.05, 4.69) is 26.3 Å². The second-order valence-electron chi connectivity index (χ2n) is 6.71. The number of aliphatic imine (C=N–C) groups is 1. The molecule has 3 aromatic rings. The third kappa shape index (κ3) is 2.98. The molecule has 0 saturated heterocycles. The Morgan fingerprint density at radius 2 is 2.03 bits per heavy atom. The minimum absolute atomic E-state index is 0.167. The number of Topliss-reactive ketones (excluding diaryl/α,β-unsaturated/α-hetero) is 1. The molecule has 0 spiro atoms. The molecule has 0 bridgehead atoms. The van der Waals surface area contributed by atoms with Gasteiger partial charge in [0.05, 0.1) is 28.3 Å². The van der Waals surface area contributed by atoms with E-state index in [-0.39, 0.29) is 5.78 Å². The van der Waals surface area contributed by atoms with Gasteiger partial charge >= 0.3 is 0 Å². The van der Waals surface area contributed by atoms with Gasteiger partial charge in [-0.2, -0.15) is 5.10 Å². The lowest BCUT2D eigenvalue weighted by atomic mass is 9.95. The van der Waals surface area contributed by atoms with Crippen molar-refractivity contribution in [3.63, 3.8) is 0 Å². The number of hydrazine groups is 2. The fourth-order valence-electron chi connectivity index (χ4n) is 3.45. The van der Waals surface area contributed by atoms with Crippen molar-refractivity contribution in [2.75, 3.05) is 0 Å². The third-order valence-corrected chi connectivity index (χ3v) is 5.16. The van der Waals surface area contributed by atoms with Gasteiger partial charge in [0.1, 0.15) is 6.04 Å². The number of fused-ring (bicyclic) bond motifs is 2. The van der Waals surface area contributed by atoms with Crippen LogP contribution in [-0.4, -0.2) is 32.6 Å². The zero-order chi connectivity index (χ0) is 20.0. The number of hydrazone groups is 1. The molecule has 1 aromatic heterocycles. The molecule has 29 heavy (non-hydrogen) atoms. The molecule has 8 nitrogen and oxygen atoms in total. The SMILES string of the molecule is Cc1ccn(-c2ccc(C(=O)C3c4ccccc4N=CC4=NNNN43)c(Cl)c2)n1. The van der Waals surface area contributed by atoms with Crippen LogP contribution in [0.25, 0.3) is 5.69 Å². The molecule has 5 rings (SSSR count). The zero-order valence-corrected chi connectivity index (χ0v) is 16.1. The average molecular weight is 406 g/mol. The quantitative estimate of drug-likeness (QED) is 0.654. The molecule has 3 heterocycles. The summed E-state index contributed by atoms with van der Waals surface area (Å²) < 4.78 is 1.72. The van der Waals surface area contributed by atoms with Gasteiger partial charge in [0.25, 0.3) is 0 Å². The van der Waals surface area contributed by atoms with E-state index < -0.39 is 6.04 Å². The maximum absolute atomic E-state index is 13.6. The van der Waals surface area contributed by atoms with Gasteiger partial charge in [0.2, 0.25) is 0 Å². The van der Waals surface area contributed by atoms with Gasteiger partial charge in [0.15, 0.2) is 11.6 Å². The molecule has 0 radical (unpaired) electrons. The van der Waals surface area contributed by atoms with Crippen LogP contribution < -0.4 is 11.1 Å². The van der Waals surface area contributed by atoms with Crippen molar-refractivity contribution in [1.82, 2.24) is 25.9 Å². The highest BCUT2D eigenvalue weighted by molar-refractivity contribution is 6.35. The molecule has 0 aliphatic carbocycles. The van der Waals surface area contributed by atoms with E-state index in [0.717, 1.165) is 16.9 Å². The first-order valence-electron chi connectivity index (χ1n) is 8.99. The Hall–Kier alpha value is -3.49. The molecule has 0 amide bonds. The van der Waals surface area contributed by atoms with E-state index in [4.69, 9.17) is 11.6 Å². The van der Waals surface area contributed by atoms with Crippen molar-refractivity contribution in [2.45, 2.75) is 13.0 Å². The van der Waals surface area contributed by atoms with Crippen LogP contribution >= 0.6 is 11.6 Å². The van der Waals surface area contributed by atoms with Crippen LogP contribution in [0.3, 0.4) is 0 Å². The summed E-state index contributed by atoms with van der Waals surface area (Å²) in [7, 11) is 0. The maximum Gasteiger partial charge on any atom is 0.193 e. The number of amidine groups is 1. The average Bonchev–Trinajstić information content (AvgIpc) is 3.33. The Morgan fingerprint density at radius 3 is 2.83 bits per heavy atom. The lowest BCUT2D eigenvalue weighted by Crippen LogP contribution is -2.46. The first-order valence-corrected chi connectivity index (χ1v) is 9.36. The molecule has 2 aliphatic rings. The Bertz CT molecular complexity index is 1180. The lowest BCUT2D eigenvalue weighted by Gasteiger charge is -2.27. The largest absolute Gasteiger partial charge is 0.291 e. The Kier molecular flexibility index (Phi) is 4.15. The molecule has 1 atom stereocenters. The number of halogens is 1. The van der Waals surface area contributed by atoms with Gasteiger partial charge in [-0.1, -0.05) is 29.8 Å². The summed E-state index contributed by atoms with van der Waals surface area (Å²) in [5, 5.41) is 10.5. The zero-order valence-electron chi connectivity index (χ0n) is 15.4. The number of nitrogens with zero attached hydrogens (tertiary/aromatic N) is 5. The lowest BCUT2D eigenvalue weighted by molar-refractivity contribution is 0.0848. The number of carbonyl (C=O) groups is 1. The van der Waals surface area contributed by atoms with Crippen molar-refractivity contribution in [2.24, 2.45) is 10.1 Å². The van der Waals surface area contributed by atoms with Crippen LogP contribution in [0, 0.1) is 6.92 Å². The molecular weight excluding hydrogens is 390 g/mol. The number of aryl methyl sites for hydroxylation is 1. The molecular formula is C20H16ClN7O. The van der Waals surface area contributed by atoms with Crippen molar-refractivity contribution in [3.05, 3.63) is 76.6 Å². The number of para-hydroxylation sites is 1. The molecule has 1 unspecified atom stereocenters. The summed E-state index contributed by atoms with van der Waals surface area (Å²) in [4.78, 5) is 18.1. The number of aromatic nitrogens is 2. The molecule has 0 fully saturated rings. The topological polar surface area (TPSA) is 86.9 Å². The van der Waals surface area contributed by atoms with Crippen LogP contribution in [0.2, 0.25) is 5.02 Å². The number of rotatable bonds is 3. The molecule has 2 N–H and O–H groups in total. The van der Waals surface area contributed by atoms with E-state index in [1.165, 1.54) is 0 Å². The monoisotopic (exact) mass is 405 g/mol. The smallest absolute Gasteiger partial charge is 0.193 e. The Morgan fingerprint density at radius 1 is 1.17 bits per heavy atom. The number of benzene rings is 2. The van der Waals surface area contributed by atoms with Crippen molar-refractivity contribution in [1.29, 1.82) is 0 Å². The van der Waals surface area contributed by atoms with Crippen molar-refractivity contribution < 1.29 is 4.79 Å². The first kappa shape index (κ1) is 17.6. The second-order valence-corrected chi connectivity index (χ2v) is 7.12. The fraction of sp³-hybridized carbons (Fsp3) is 0.100. The number of ketones is 1. The van der Waals surface area contributed by atoms with Gasteiger partial charge in [-0.25, -0.2) is 10.2 Å². The number of hydrogen-bond donors (Lipinski definition) is 2. The second kappa shape index (κ2) is 6.84. The standard InChI is InChI=1S/C20H16ClN7O/c1-12-8-9-27(24-12)13-6-7-14(16(21)10-13)20(29)19-15-4-2-3-5-17(15)22-11-18-23-25-26-28(18)19/h2-11,19,25-26H,1H3. The molecule has 0 saturated carbocycles. The van der Waals surface area contributed by atoms with Crippen LogP contribution in [-0.2, 0) is 0 Å². The minimum atomic E-state index is -0.683. The predicted molar refractivity (Wildman–Crippen MR) is 111 cm³/mol. The highest BCUT2D eigenvalue weighted by Gasteiger charge is 2.36. The van der Waals surface area contributed by atoms with Crippen LogP contribution in [0.15, 0.2) is 64.8 Å². The summed E-state index contributed by atoms with van der Waals surface area (Å²) in [6.45, 7) is 1.91. The van der Waals surface area contributed by atoms with E-state index in [1.807, 2.05) is 49.5 Å². The summed E-state index contributed by atoms with van der Waals surface area (Å²) in [6.07, 6.45) is 3.47. The van der Waals surface area contributed by atoms with Crippen LogP contribution in [0.1, 0.15) is 27.7 Å². The number of nitrogens with one attached hydrogen (secondary N) is 2. The Balaban J connectivity index is 1.57. The summed E-state index contributed by atoms with van der Waals surface area (Å²) in [5.41, 5.74) is 9.16. The fourth-order valence-corrected chi connectivity index (χ4v) is 3.72. The molecule has 9 heteroatoms. The van der Waals surface area contributed by atoms with Gasteiger partial charge in [-0.05, 0) is 37.3 Å².